The van der Waals surface area contributed by atoms with Gasteiger partial charge >= 0.3 is 0 Å². The monoisotopic (exact) mass is 403 g/mol. The van der Waals surface area contributed by atoms with Gasteiger partial charge in [0.15, 0.2) is 5.16 Å². The third-order valence-corrected chi connectivity index (χ3v) is 5.09. The summed E-state index contributed by atoms with van der Waals surface area (Å²) in [6.07, 6.45) is 3.18. The number of thioether (sulfide) groups is 1. The number of hydrogen-bond acceptors (Lipinski definition) is 5. The van der Waals surface area contributed by atoms with Gasteiger partial charge in [0, 0.05) is 11.6 Å². The third-order valence-electron chi connectivity index (χ3n) is 3.87. The molecule has 27 heavy (non-hydrogen) atoms. The maximum atomic E-state index is 12.7. The quantitative estimate of drug-likeness (QED) is 0.369. The number of furan rings is 1. The maximum absolute atomic E-state index is 12.7. The van der Waals surface area contributed by atoms with Crippen LogP contribution in [0.15, 0.2) is 63.6 Å². The van der Waals surface area contributed by atoms with Crippen molar-refractivity contribution < 1.29 is 9.21 Å². The number of amides is 1. The first-order valence-electron chi connectivity index (χ1n) is 8.26. The molecule has 0 spiro atoms. The zero-order chi connectivity index (χ0) is 19.4. The van der Waals surface area contributed by atoms with Crippen LogP contribution in [0.2, 0.25) is 5.02 Å². The fourth-order valence-electron chi connectivity index (χ4n) is 2.60. The van der Waals surface area contributed by atoms with Crippen LogP contribution in [0.3, 0.4) is 0 Å². The van der Waals surface area contributed by atoms with Crippen LogP contribution < -0.4 is 10.9 Å². The molecule has 6 nitrogen and oxygen atoms in total. The Hall–Kier alpha value is -2.51. The first kappa shape index (κ1) is 19.3. The third kappa shape index (κ3) is 4.43. The van der Waals surface area contributed by atoms with Crippen LogP contribution in [-0.2, 0) is 11.3 Å². The number of nitrogens with zero attached hydrogens (tertiary/aromatic N) is 2. The summed E-state index contributed by atoms with van der Waals surface area (Å²) in [5.74, 6) is 0.602. The molecule has 140 valence electrons. The van der Waals surface area contributed by atoms with Gasteiger partial charge < -0.3 is 9.73 Å². The van der Waals surface area contributed by atoms with Crippen molar-refractivity contribution in [1.29, 1.82) is 0 Å². The molecule has 3 aromatic rings. The number of allylic oxidation sites excluding steroid dienone is 1. The Bertz CT molecular complexity index is 1030. The van der Waals surface area contributed by atoms with E-state index in [0.29, 0.717) is 33.4 Å². The van der Waals surface area contributed by atoms with Gasteiger partial charge in [-0.15, -0.1) is 6.58 Å². The molecule has 2 heterocycles. The summed E-state index contributed by atoms with van der Waals surface area (Å²) in [5, 5.41) is 4.27. The largest absolute Gasteiger partial charge is 0.467 e. The van der Waals surface area contributed by atoms with E-state index in [1.54, 1.807) is 42.7 Å². The van der Waals surface area contributed by atoms with Crippen molar-refractivity contribution in [3.63, 3.8) is 0 Å². The van der Waals surface area contributed by atoms with Crippen LogP contribution in [0.25, 0.3) is 10.9 Å². The molecule has 0 bridgehead atoms. The van der Waals surface area contributed by atoms with Crippen molar-refractivity contribution >= 4 is 40.2 Å². The van der Waals surface area contributed by atoms with Gasteiger partial charge in [-0.1, -0.05) is 29.4 Å². The molecule has 8 heteroatoms. The van der Waals surface area contributed by atoms with Gasteiger partial charge in [0.25, 0.3) is 5.56 Å². The van der Waals surface area contributed by atoms with Gasteiger partial charge in [-0.05, 0) is 37.3 Å². The van der Waals surface area contributed by atoms with Crippen LogP contribution >= 0.6 is 23.4 Å². The van der Waals surface area contributed by atoms with Gasteiger partial charge in [-0.3, -0.25) is 14.2 Å². The summed E-state index contributed by atoms with van der Waals surface area (Å²) in [6.45, 7) is 5.83. The fraction of sp³-hybridized carbons (Fsp3) is 0.211. The lowest BCUT2D eigenvalue weighted by molar-refractivity contribution is -0.119. The van der Waals surface area contributed by atoms with Gasteiger partial charge in [-0.25, -0.2) is 4.98 Å². The standard InChI is InChI=1S/C19H18ClN3O3S/c1-3-8-23-18(25)14-7-6-13(20)10-15(14)22-19(23)27-11-17(24)21-12(2)16-5-4-9-26-16/h3-7,9-10,12H,1,8,11H2,2H3,(H,21,24). The molecule has 0 aliphatic heterocycles. The van der Waals surface area contributed by atoms with E-state index in [0.717, 1.165) is 0 Å². The summed E-state index contributed by atoms with van der Waals surface area (Å²) in [6, 6.07) is 8.27. The van der Waals surface area contributed by atoms with Crippen LogP contribution in [-0.4, -0.2) is 21.2 Å². The molecule has 1 N–H and O–H groups in total. The molecule has 1 aromatic carbocycles. The second kappa shape index (κ2) is 8.45. The Morgan fingerprint density at radius 2 is 2.30 bits per heavy atom. The summed E-state index contributed by atoms with van der Waals surface area (Å²) < 4.78 is 6.78. The van der Waals surface area contributed by atoms with E-state index >= 15 is 0 Å². The lowest BCUT2D eigenvalue weighted by Crippen LogP contribution is -2.29. The second-order valence-electron chi connectivity index (χ2n) is 5.85. The number of benzene rings is 1. The molecule has 0 aliphatic rings. The Kier molecular flexibility index (Phi) is 6.03. The summed E-state index contributed by atoms with van der Waals surface area (Å²) in [4.78, 5) is 29.5. The number of halogens is 1. The Morgan fingerprint density at radius 3 is 3.00 bits per heavy atom. The highest BCUT2D eigenvalue weighted by Gasteiger charge is 2.15. The molecule has 3 rings (SSSR count). The number of aromatic nitrogens is 2. The number of hydrogen-bond donors (Lipinski definition) is 1. The van der Waals surface area contributed by atoms with E-state index in [2.05, 4.69) is 16.9 Å². The van der Waals surface area contributed by atoms with Crippen LogP contribution in [0.5, 0.6) is 0 Å². The van der Waals surface area contributed by atoms with Crippen LogP contribution in [0.1, 0.15) is 18.7 Å². The van der Waals surface area contributed by atoms with E-state index in [1.165, 1.54) is 16.3 Å². The Morgan fingerprint density at radius 1 is 1.48 bits per heavy atom. The lowest BCUT2D eigenvalue weighted by atomic mass is 10.2. The number of nitrogens with one attached hydrogen (secondary N) is 1. The Labute approximate surface area is 165 Å². The summed E-state index contributed by atoms with van der Waals surface area (Å²) in [7, 11) is 0. The predicted octanol–water partition coefficient (Wildman–Crippen LogP) is 3.80. The summed E-state index contributed by atoms with van der Waals surface area (Å²) in [5.41, 5.74) is 0.308. The van der Waals surface area contributed by atoms with Crippen LogP contribution in [0, 0.1) is 0 Å². The molecule has 0 aliphatic carbocycles. The Balaban J connectivity index is 1.80. The molecule has 0 radical (unpaired) electrons. The van der Waals surface area contributed by atoms with E-state index in [4.69, 9.17) is 16.0 Å². The van der Waals surface area contributed by atoms with Crippen molar-refractivity contribution in [2.24, 2.45) is 0 Å². The molecular formula is C19H18ClN3O3S. The second-order valence-corrected chi connectivity index (χ2v) is 7.23. The lowest BCUT2D eigenvalue weighted by Gasteiger charge is -2.13. The molecule has 0 saturated carbocycles. The molecule has 0 saturated heterocycles. The predicted molar refractivity (Wildman–Crippen MR) is 107 cm³/mol. The highest BCUT2D eigenvalue weighted by molar-refractivity contribution is 7.99. The van der Waals surface area contributed by atoms with E-state index in [-0.39, 0.29) is 23.3 Å². The minimum absolute atomic E-state index is 0.112. The number of rotatable bonds is 7. The van der Waals surface area contributed by atoms with E-state index in [9.17, 15) is 9.59 Å². The first-order chi connectivity index (χ1) is 13.0. The average molecular weight is 404 g/mol. The molecule has 1 atom stereocenters. The minimum Gasteiger partial charge on any atom is -0.467 e. The number of fused-ring (bicyclic) bond motifs is 1. The van der Waals surface area contributed by atoms with Crippen molar-refractivity contribution in [2.75, 3.05) is 5.75 Å². The van der Waals surface area contributed by atoms with Crippen molar-refractivity contribution in [2.45, 2.75) is 24.7 Å². The normalized spacial score (nSPS) is 12.1. The maximum Gasteiger partial charge on any atom is 0.262 e. The van der Waals surface area contributed by atoms with Gasteiger partial charge in [-0.2, -0.15) is 0 Å². The van der Waals surface area contributed by atoms with Crippen molar-refractivity contribution in [3.05, 3.63) is 70.4 Å². The van der Waals surface area contributed by atoms with Gasteiger partial charge in [0.2, 0.25) is 5.91 Å². The molecular weight excluding hydrogens is 386 g/mol. The summed E-state index contributed by atoms with van der Waals surface area (Å²) >= 11 is 7.20. The topological polar surface area (TPSA) is 77.1 Å². The zero-order valence-corrected chi connectivity index (χ0v) is 16.2. The number of carbonyl (C=O) groups excluding carboxylic acids is 1. The highest BCUT2D eigenvalue weighted by Crippen LogP contribution is 2.21. The molecule has 1 amide bonds. The van der Waals surface area contributed by atoms with Gasteiger partial charge in [0.1, 0.15) is 5.76 Å². The van der Waals surface area contributed by atoms with Crippen molar-refractivity contribution in [1.82, 2.24) is 14.9 Å². The SMILES string of the molecule is C=CCn1c(SCC(=O)NC(C)c2ccco2)nc2cc(Cl)ccc2c1=O. The smallest absolute Gasteiger partial charge is 0.262 e. The molecule has 2 aromatic heterocycles. The van der Waals surface area contributed by atoms with E-state index in [1.807, 2.05) is 6.92 Å². The van der Waals surface area contributed by atoms with Crippen molar-refractivity contribution in [3.8, 4) is 0 Å². The number of carbonyl (C=O) groups is 1. The molecule has 1 unspecified atom stereocenters. The van der Waals surface area contributed by atoms with Crippen LogP contribution in [0.4, 0.5) is 0 Å². The fourth-order valence-corrected chi connectivity index (χ4v) is 3.58. The molecule has 0 fully saturated rings. The first-order valence-corrected chi connectivity index (χ1v) is 9.62. The minimum atomic E-state index is -0.244. The van der Waals surface area contributed by atoms with E-state index < -0.39 is 0 Å². The van der Waals surface area contributed by atoms with Gasteiger partial charge in [0.05, 0.1) is 29.0 Å². The zero-order valence-electron chi connectivity index (χ0n) is 14.6. The average Bonchev–Trinajstić information content (AvgIpc) is 3.17. The highest BCUT2D eigenvalue weighted by atomic mass is 35.5.